The second-order valence-corrected chi connectivity index (χ2v) is 3.57. The van der Waals surface area contributed by atoms with Gasteiger partial charge in [-0.1, -0.05) is 0 Å². The Morgan fingerprint density at radius 3 is 2.81 bits per heavy atom. The first-order chi connectivity index (χ1) is 7.65. The predicted octanol–water partition coefficient (Wildman–Crippen LogP) is 0.585. The molecule has 1 unspecified atom stereocenters. The molecule has 6 heteroatoms. The van der Waals surface area contributed by atoms with E-state index in [2.05, 4.69) is 22.9 Å². The van der Waals surface area contributed by atoms with E-state index < -0.39 is 17.9 Å². The van der Waals surface area contributed by atoms with E-state index in [1.807, 2.05) is 0 Å². The Bertz CT molecular complexity index is 370. The van der Waals surface area contributed by atoms with Gasteiger partial charge in [-0.25, -0.2) is 4.79 Å². The standard InChI is InChI=1S/C10H12N2O3S/c13-9(7-2-1-4-11-6-7)12-8(3-5-16)10(14)15/h1-2,4,6,8,16H,3,5H2,(H,12,13)(H,14,15). The molecule has 0 saturated heterocycles. The first kappa shape index (κ1) is 12.5. The highest BCUT2D eigenvalue weighted by atomic mass is 32.1. The summed E-state index contributed by atoms with van der Waals surface area (Å²) in [5, 5.41) is 11.2. The highest BCUT2D eigenvalue weighted by Crippen LogP contribution is 2.00. The number of rotatable bonds is 5. The number of amides is 1. The van der Waals surface area contributed by atoms with Gasteiger partial charge >= 0.3 is 5.97 Å². The molecule has 2 N–H and O–H groups in total. The van der Waals surface area contributed by atoms with Crippen molar-refractivity contribution in [3.63, 3.8) is 0 Å². The van der Waals surface area contributed by atoms with Gasteiger partial charge in [0.1, 0.15) is 6.04 Å². The third-order valence-corrected chi connectivity index (χ3v) is 2.20. The van der Waals surface area contributed by atoms with Crippen molar-refractivity contribution in [2.45, 2.75) is 12.5 Å². The van der Waals surface area contributed by atoms with E-state index in [4.69, 9.17) is 5.11 Å². The average molecular weight is 240 g/mol. The van der Waals surface area contributed by atoms with Gasteiger partial charge in [0.25, 0.3) is 5.91 Å². The molecule has 1 aromatic rings. The quantitative estimate of drug-likeness (QED) is 0.658. The number of carbonyl (C=O) groups is 2. The van der Waals surface area contributed by atoms with Gasteiger partial charge in [-0.15, -0.1) is 0 Å². The summed E-state index contributed by atoms with van der Waals surface area (Å²) in [7, 11) is 0. The average Bonchev–Trinajstić information content (AvgIpc) is 2.29. The Morgan fingerprint density at radius 2 is 2.31 bits per heavy atom. The second-order valence-electron chi connectivity index (χ2n) is 3.12. The molecule has 0 aromatic carbocycles. The van der Waals surface area contributed by atoms with E-state index >= 15 is 0 Å². The number of carbonyl (C=O) groups excluding carboxylic acids is 1. The van der Waals surface area contributed by atoms with E-state index in [9.17, 15) is 9.59 Å². The first-order valence-electron chi connectivity index (χ1n) is 4.69. The number of hydrogen-bond acceptors (Lipinski definition) is 4. The number of nitrogens with one attached hydrogen (secondary N) is 1. The van der Waals surface area contributed by atoms with Gasteiger partial charge in [-0.05, 0) is 24.3 Å². The molecule has 16 heavy (non-hydrogen) atoms. The lowest BCUT2D eigenvalue weighted by Crippen LogP contribution is -2.41. The molecule has 5 nitrogen and oxygen atoms in total. The lowest BCUT2D eigenvalue weighted by molar-refractivity contribution is -0.139. The molecule has 1 amide bonds. The smallest absolute Gasteiger partial charge is 0.326 e. The van der Waals surface area contributed by atoms with Crippen molar-refractivity contribution in [2.75, 3.05) is 5.75 Å². The van der Waals surface area contributed by atoms with Gasteiger partial charge in [0, 0.05) is 12.4 Å². The van der Waals surface area contributed by atoms with Crippen LogP contribution in [0.5, 0.6) is 0 Å². The monoisotopic (exact) mass is 240 g/mol. The predicted molar refractivity (Wildman–Crippen MR) is 61.6 cm³/mol. The largest absolute Gasteiger partial charge is 0.480 e. The number of aliphatic carboxylic acids is 1. The van der Waals surface area contributed by atoms with Gasteiger partial charge in [-0.3, -0.25) is 9.78 Å². The maximum atomic E-state index is 11.6. The van der Waals surface area contributed by atoms with E-state index in [-0.39, 0.29) is 6.42 Å². The summed E-state index contributed by atoms with van der Waals surface area (Å²) < 4.78 is 0. The summed E-state index contributed by atoms with van der Waals surface area (Å²) in [5.74, 6) is -1.11. The Kier molecular flexibility index (Phi) is 4.78. The lowest BCUT2D eigenvalue weighted by atomic mass is 10.2. The molecule has 0 aliphatic rings. The van der Waals surface area contributed by atoms with Crippen LogP contribution < -0.4 is 5.32 Å². The van der Waals surface area contributed by atoms with E-state index in [1.54, 1.807) is 18.3 Å². The molecule has 0 fully saturated rings. The highest BCUT2D eigenvalue weighted by Gasteiger charge is 2.19. The fourth-order valence-electron chi connectivity index (χ4n) is 1.13. The van der Waals surface area contributed by atoms with Crippen molar-refractivity contribution in [3.8, 4) is 0 Å². The Hall–Kier alpha value is -1.56. The summed E-state index contributed by atoms with van der Waals surface area (Å²) in [6.07, 6.45) is 3.21. The number of carboxylic acids is 1. The lowest BCUT2D eigenvalue weighted by Gasteiger charge is -2.12. The molecule has 0 bridgehead atoms. The summed E-state index contributed by atoms with van der Waals surface area (Å²) in [4.78, 5) is 26.2. The second kappa shape index (κ2) is 6.12. The molecule has 0 radical (unpaired) electrons. The van der Waals surface area contributed by atoms with E-state index in [0.29, 0.717) is 11.3 Å². The molecule has 86 valence electrons. The summed E-state index contributed by atoms with van der Waals surface area (Å²) >= 11 is 3.94. The van der Waals surface area contributed by atoms with Crippen LogP contribution in [0.4, 0.5) is 0 Å². The Balaban J connectivity index is 2.65. The number of nitrogens with zero attached hydrogens (tertiary/aromatic N) is 1. The fourth-order valence-corrected chi connectivity index (χ4v) is 1.38. The van der Waals surface area contributed by atoms with Crippen LogP contribution in [0, 0.1) is 0 Å². The maximum Gasteiger partial charge on any atom is 0.326 e. The zero-order valence-corrected chi connectivity index (χ0v) is 9.35. The Morgan fingerprint density at radius 1 is 1.56 bits per heavy atom. The fraction of sp³-hybridized carbons (Fsp3) is 0.300. The molecule has 1 atom stereocenters. The van der Waals surface area contributed by atoms with Crippen LogP contribution in [0.3, 0.4) is 0 Å². The topological polar surface area (TPSA) is 79.3 Å². The number of pyridine rings is 1. The van der Waals surface area contributed by atoms with Crippen molar-refractivity contribution in [2.24, 2.45) is 0 Å². The molecular formula is C10H12N2O3S. The zero-order valence-electron chi connectivity index (χ0n) is 8.46. The maximum absolute atomic E-state index is 11.6. The van der Waals surface area contributed by atoms with Gasteiger partial charge in [0.15, 0.2) is 0 Å². The van der Waals surface area contributed by atoms with Crippen LogP contribution in [0.1, 0.15) is 16.8 Å². The van der Waals surface area contributed by atoms with Gasteiger partial charge in [0.05, 0.1) is 5.56 Å². The molecule has 0 saturated carbocycles. The van der Waals surface area contributed by atoms with E-state index in [1.165, 1.54) is 6.20 Å². The van der Waals surface area contributed by atoms with Crippen molar-refractivity contribution in [3.05, 3.63) is 30.1 Å². The third kappa shape index (κ3) is 3.54. The molecule has 0 aliphatic heterocycles. The van der Waals surface area contributed by atoms with Crippen molar-refractivity contribution in [1.82, 2.24) is 10.3 Å². The number of aromatic nitrogens is 1. The van der Waals surface area contributed by atoms with Crippen molar-refractivity contribution < 1.29 is 14.7 Å². The van der Waals surface area contributed by atoms with Crippen LogP contribution in [-0.2, 0) is 4.79 Å². The minimum Gasteiger partial charge on any atom is -0.480 e. The zero-order chi connectivity index (χ0) is 12.0. The normalized spacial score (nSPS) is 11.8. The van der Waals surface area contributed by atoms with Crippen LogP contribution >= 0.6 is 12.6 Å². The van der Waals surface area contributed by atoms with Crippen LogP contribution in [-0.4, -0.2) is 33.8 Å². The van der Waals surface area contributed by atoms with Gasteiger partial charge < -0.3 is 10.4 Å². The minimum absolute atomic E-state index is 0.282. The molecule has 0 aliphatic carbocycles. The number of carboxylic acid groups (broad SMARTS) is 1. The molecule has 1 heterocycles. The Labute approximate surface area is 98.3 Å². The van der Waals surface area contributed by atoms with Crippen molar-refractivity contribution in [1.29, 1.82) is 0 Å². The van der Waals surface area contributed by atoms with Crippen LogP contribution in [0.15, 0.2) is 24.5 Å². The molecular weight excluding hydrogens is 228 g/mol. The third-order valence-electron chi connectivity index (χ3n) is 1.94. The highest BCUT2D eigenvalue weighted by molar-refractivity contribution is 7.80. The first-order valence-corrected chi connectivity index (χ1v) is 5.33. The molecule has 1 rings (SSSR count). The van der Waals surface area contributed by atoms with E-state index in [0.717, 1.165) is 0 Å². The van der Waals surface area contributed by atoms with Gasteiger partial charge in [-0.2, -0.15) is 12.6 Å². The summed E-state index contributed by atoms with van der Waals surface area (Å²) in [6.45, 7) is 0. The SMILES string of the molecule is O=C(NC(CCS)C(=O)O)c1cccnc1. The van der Waals surface area contributed by atoms with Crippen molar-refractivity contribution >= 4 is 24.5 Å². The molecule has 1 aromatic heterocycles. The summed E-state index contributed by atoms with van der Waals surface area (Å²) in [5.41, 5.74) is 0.341. The number of thiol groups is 1. The van der Waals surface area contributed by atoms with Gasteiger partial charge in [0.2, 0.25) is 0 Å². The van der Waals surface area contributed by atoms with Crippen LogP contribution in [0.25, 0.3) is 0 Å². The molecule has 0 spiro atoms. The van der Waals surface area contributed by atoms with Crippen LogP contribution in [0.2, 0.25) is 0 Å². The summed E-state index contributed by atoms with van der Waals surface area (Å²) in [6, 6.07) is 2.27. The minimum atomic E-state index is -1.06. The number of hydrogen-bond donors (Lipinski definition) is 3.